The molecule has 0 amide bonds. The van der Waals surface area contributed by atoms with Gasteiger partial charge in [-0.1, -0.05) is 33.6 Å². The van der Waals surface area contributed by atoms with Crippen LogP contribution in [-0.4, -0.2) is 11.2 Å². The average Bonchev–Trinajstić information content (AvgIpc) is 2.56. The molecule has 4 radical (unpaired) electrons. The van der Waals surface area contributed by atoms with E-state index in [-0.39, 0.29) is 137 Å². The number of fused-ring (bicyclic) bond motifs is 1. The standard InChI is InChI=1S/C14H26O.4Y/c1-4-10(2)11-7-8-12-13(15)6-5-9-14(11,12)3;;;;/h10-13,15H,4-9H2,1-3H3;;;;/t10-,11?,12+,13+,14-;;;;/m1..../s1. The molecule has 2 aliphatic carbocycles. The molecule has 0 aromatic carbocycles. The van der Waals surface area contributed by atoms with Crippen molar-refractivity contribution in [2.24, 2.45) is 23.2 Å². The van der Waals surface area contributed by atoms with Crippen molar-refractivity contribution in [3.8, 4) is 0 Å². The molecule has 100 valence electrons. The van der Waals surface area contributed by atoms with E-state index >= 15 is 0 Å². The summed E-state index contributed by atoms with van der Waals surface area (Å²) in [6, 6.07) is 0. The molecule has 2 fully saturated rings. The number of rotatable bonds is 2. The monoisotopic (exact) mass is 566 g/mol. The summed E-state index contributed by atoms with van der Waals surface area (Å²) < 4.78 is 0. The zero-order chi connectivity index (χ0) is 11.1. The van der Waals surface area contributed by atoms with Gasteiger partial charge in [-0.2, -0.15) is 0 Å². The zero-order valence-electron chi connectivity index (χ0n) is 12.8. The second-order valence-electron chi connectivity index (χ2n) is 6.14. The maximum atomic E-state index is 10.1. The fourth-order valence-corrected chi connectivity index (χ4v) is 4.41. The molecule has 19 heavy (non-hydrogen) atoms. The Kier molecular flexibility index (Phi) is 18.8. The van der Waals surface area contributed by atoms with Gasteiger partial charge in [0.05, 0.1) is 6.10 Å². The van der Waals surface area contributed by atoms with E-state index in [1.54, 1.807) is 0 Å². The van der Waals surface area contributed by atoms with Crippen molar-refractivity contribution in [1.29, 1.82) is 0 Å². The molecule has 0 heterocycles. The molecular weight excluding hydrogens is 540 g/mol. The van der Waals surface area contributed by atoms with E-state index in [9.17, 15) is 5.11 Å². The second kappa shape index (κ2) is 12.7. The van der Waals surface area contributed by atoms with Gasteiger partial charge in [-0.15, -0.1) is 0 Å². The van der Waals surface area contributed by atoms with Crippen LogP contribution in [-0.2, 0) is 131 Å². The van der Waals surface area contributed by atoms with Crippen molar-refractivity contribution in [2.75, 3.05) is 0 Å². The molecule has 0 spiro atoms. The second-order valence-corrected chi connectivity index (χ2v) is 6.14. The maximum Gasteiger partial charge on any atom is 0.0573 e. The van der Waals surface area contributed by atoms with E-state index in [4.69, 9.17) is 0 Å². The summed E-state index contributed by atoms with van der Waals surface area (Å²) in [5, 5.41) is 10.1. The van der Waals surface area contributed by atoms with Crippen molar-refractivity contribution < 1.29 is 136 Å². The van der Waals surface area contributed by atoms with E-state index in [0.717, 1.165) is 18.3 Å². The first-order valence-electron chi connectivity index (χ1n) is 6.77. The molecule has 1 N–H and O–H groups in total. The third-order valence-corrected chi connectivity index (χ3v) is 5.49. The van der Waals surface area contributed by atoms with Gasteiger partial charge in [-0.3, -0.25) is 0 Å². The third-order valence-electron chi connectivity index (χ3n) is 5.49. The Labute approximate surface area is 220 Å². The van der Waals surface area contributed by atoms with Crippen LogP contribution < -0.4 is 0 Å². The Hall–Kier alpha value is 4.38. The van der Waals surface area contributed by atoms with Crippen LogP contribution in [0.25, 0.3) is 0 Å². The van der Waals surface area contributed by atoms with E-state index in [1.165, 1.54) is 32.1 Å². The molecule has 0 saturated heterocycles. The first kappa shape index (κ1) is 28.2. The van der Waals surface area contributed by atoms with Gasteiger partial charge in [0.2, 0.25) is 0 Å². The molecule has 2 saturated carbocycles. The molecule has 5 heteroatoms. The van der Waals surface area contributed by atoms with Gasteiger partial charge in [-0.25, -0.2) is 0 Å². The summed E-state index contributed by atoms with van der Waals surface area (Å²) in [5.74, 6) is 2.30. The molecular formula is C14H26OY4. The minimum atomic E-state index is -0.00203. The minimum Gasteiger partial charge on any atom is -0.393 e. The molecule has 0 aromatic heterocycles. The Morgan fingerprint density at radius 2 is 1.68 bits per heavy atom. The SMILES string of the molecule is CC[C@@H](C)C1CC[C@H]2[C@@H](O)CCC[C@]12C.[Y].[Y].[Y].[Y]. The quantitative estimate of drug-likeness (QED) is 0.543. The zero-order valence-corrected chi connectivity index (χ0v) is 24.2. The fraction of sp³-hybridized carbons (Fsp3) is 1.00. The molecule has 0 aliphatic heterocycles. The topological polar surface area (TPSA) is 20.2 Å². The Bertz CT molecular complexity index is 239. The largest absolute Gasteiger partial charge is 0.393 e. The maximum absolute atomic E-state index is 10.1. The fourth-order valence-electron chi connectivity index (χ4n) is 4.41. The summed E-state index contributed by atoms with van der Waals surface area (Å²) in [6.45, 7) is 7.16. The smallest absolute Gasteiger partial charge is 0.0573 e. The van der Waals surface area contributed by atoms with Gasteiger partial charge in [0, 0.05) is 131 Å². The van der Waals surface area contributed by atoms with Crippen molar-refractivity contribution in [1.82, 2.24) is 0 Å². The average molecular weight is 566 g/mol. The van der Waals surface area contributed by atoms with E-state index < -0.39 is 0 Å². The normalized spacial score (nSPS) is 37.6. The number of aliphatic hydroxyl groups excluding tert-OH is 1. The van der Waals surface area contributed by atoms with E-state index in [2.05, 4.69) is 20.8 Å². The van der Waals surface area contributed by atoms with Gasteiger partial charge in [-0.05, 0) is 48.9 Å². The molecule has 1 unspecified atom stereocenters. The van der Waals surface area contributed by atoms with Crippen LogP contribution in [0.15, 0.2) is 0 Å². The van der Waals surface area contributed by atoms with Crippen molar-refractivity contribution in [2.45, 2.75) is 65.4 Å². The van der Waals surface area contributed by atoms with Crippen molar-refractivity contribution in [3.05, 3.63) is 0 Å². The Morgan fingerprint density at radius 1 is 1.11 bits per heavy atom. The summed E-state index contributed by atoms with van der Waals surface area (Å²) in [4.78, 5) is 0. The molecule has 0 aromatic rings. The van der Waals surface area contributed by atoms with Gasteiger partial charge >= 0.3 is 0 Å². The number of hydrogen-bond acceptors (Lipinski definition) is 1. The molecule has 1 nitrogen and oxygen atoms in total. The third kappa shape index (κ3) is 6.31. The first-order valence-corrected chi connectivity index (χ1v) is 6.77. The van der Waals surface area contributed by atoms with Crippen LogP contribution in [0.5, 0.6) is 0 Å². The van der Waals surface area contributed by atoms with Crippen LogP contribution in [0.1, 0.15) is 59.3 Å². The van der Waals surface area contributed by atoms with Crippen LogP contribution in [0, 0.1) is 23.2 Å². The predicted octanol–water partition coefficient (Wildman–Crippen LogP) is 3.60. The molecule has 2 rings (SSSR count). The number of aliphatic hydroxyl groups is 1. The van der Waals surface area contributed by atoms with Gasteiger partial charge in [0.1, 0.15) is 0 Å². The van der Waals surface area contributed by atoms with Crippen LogP contribution >= 0.6 is 0 Å². The van der Waals surface area contributed by atoms with Gasteiger partial charge in [0.15, 0.2) is 0 Å². The van der Waals surface area contributed by atoms with Gasteiger partial charge in [0.25, 0.3) is 0 Å². The van der Waals surface area contributed by atoms with E-state index in [0.29, 0.717) is 11.3 Å². The minimum absolute atomic E-state index is 0. The van der Waals surface area contributed by atoms with Crippen molar-refractivity contribution >= 4 is 0 Å². The first-order chi connectivity index (χ1) is 7.09. The summed E-state index contributed by atoms with van der Waals surface area (Å²) >= 11 is 0. The van der Waals surface area contributed by atoms with Crippen molar-refractivity contribution in [3.63, 3.8) is 0 Å². The summed E-state index contributed by atoms with van der Waals surface area (Å²) in [7, 11) is 0. The van der Waals surface area contributed by atoms with Crippen LogP contribution in [0.4, 0.5) is 0 Å². The van der Waals surface area contributed by atoms with E-state index in [1.807, 2.05) is 0 Å². The summed E-state index contributed by atoms with van der Waals surface area (Å²) in [5.41, 5.74) is 0.451. The summed E-state index contributed by atoms with van der Waals surface area (Å²) in [6.07, 6.45) is 7.55. The molecule has 0 bridgehead atoms. The van der Waals surface area contributed by atoms with Crippen LogP contribution in [0.3, 0.4) is 0 Å². The molecule has 5 atom stereocenters. The van der Waals surface area contributed by atoms with Crippen LogP contribution in [0.2, 0.25) is 0 Å². The van der Waals surface area contributed by atoms with Gasteiger partial charge < -0.3 is 5.11 Å². The Morgan fingerprint density at radius 3 is 2.21 bits per heavy atom. The Balaban J connectivity index is -0.000000640. The predicted molar refractivity (Wildman–Crippen MR) is 63.6 cm³/mol. The number of hydrogen-bond donors (Lipinski definition) is 1. The molecule has 2 aliphatic rings.